The summed E-state index contributed by atoms with van der Waals surface area (Å²) in [5.41, 5.74) is 5.46. The molecule has 0 aliphatic carbocycles. The van der Waals surface area contributed by atoms with Crippen molar-refractivity contribution in [3.8, 4) is 5.69 Å². The van der Waals surface area contributed by atoms with Gasteiger partial charge in [-0.1, -0.05) is 29.5 Å². The summed E-state index contributed by atoms with van der Waals surface area (Å²) < 4.78 is 14.4. The summed E-state index contributed by atoms with van der Waals surface area (Å²) in [5.74, 6) is -0.888. The molecule has 5 rings (SSSR count). The summed E-state index contributed by atoms with van der Waals surface area (Å²) in [6.45, 7) is 7.70. The molecule has 0 amide bonds. The molecular weight excluding hydrogens is 571 g/mol. The third-order valence-electron chi connectivity index (χ3n) is 7.23. The number of methoxy groups -OCH3 is 1. The van der Waals surface area contributed by atoms with Crippen molar-refractivity contribution < 1.29 is 19.1 Å². The molecule has 2 aromatic heterocycles. The van der Waals surface area contributed by atoms with Crippen molar-refractivity contribution in [2.45, 2.75) is 38.6 Å². The quantitative estimate of drug-likeness (QED) is 0.225. The Morgan fingerprint density at radius 2 is 1.81 bits per heavy atom. The molecule has 0 spiro atoms. The van der Waals surface area contributed by atoms with Gasteiger partial charge in [0.2, 0.25) is 0 Å². The lowest BCUT2D eigenvalue weighted by Crippen LogP contribution is -2.39. The van der Waals surface area contributed by atoms with Gasteiger partial charge in [0, 0.05) is 22.0 Å². The Kier molecular flexibility index (Phi) is 8.38. The van der Waals surface area contributed by atoms with Gasteiger partial charge in [-0.3, -0.25) is 9.36 Å². The molecule has 1 aliphatic rings. The fourth-order valence-corrected chi connectivity index (χ4v) is 6.70. The van der Waals surface area contributed by atoms with E-state index in [-0.39, 0.29) is 12.2 Å². The monoisotopic (exact) mass is 601 g/mol. The highest BCUT2D eigenvalue weighted by Gasteiger charge is 2.33. The van der Waals surface area contributed by atoms with Gasteiger partial charge < -0.3 is 14.0 Å². The molecular formula is C32H31N3O5S2. The van der Waals surface area contributed by atoms with Crippen molar-refractivity contribution in [2.24, 2.45) is 4.99 Å². The maximum absolute atomic E-state index is 14.0. The van der Waals surface area contributed by atoms with Crippen molar-refractivity contribution >= 4 is 41.1 Å². The van der Waals surface area contributed by atoms with Crippen LogP contribution >= 0.6 is 23.1 Å². The van der Waals surface area contributed by atoms with Crippen molar-refractivity contribution in [1.29, 1.82) is 0 Å². The molecule has 0 bridgehead atoms. The van der Waals surface area contributed by atoms with Gasteiger partial charge in [-0.15, -0.1) is 11.8 Å². The van der Waals surface area contributed by atoms with Crippen molar-refractivity contribution in [3.63, 3.8) is 0 Å². The molecule has 42 heavy (non-hydrogen) atoms. The molecule has 10 heteroatoms. The van der Waals surface area contributed by atoms with Crippen LogP contribution in [0.3, 0.4) is 0 Å². The van der Waals surface area contributed by atoms with Crippen molar-refractivity contribution in [2.75, 3.05) is 20.0 Å². The number of nitrogens with zero attached hydrogens (tertiary/aromatic N) is 3. The second kappa shape index (κ2) is 12.0. The minimum absolute atomic E-state index is 0.219. The lowest BCUT2D eigenvalue weighted by Gasteiger charge is -2.24. The van der Waals surface area contributed by atoms with Gasteiger partial charge in [0.1, 0.15) is 0 Å². The van der Waals surface area contributed by atoms with Crippen molar-refractivity contribution in [3.05, 3.63) is 114 Å². The molecule has 2 aromatic carbocycles. The average molecular weight is 602 g/mol. The molecule has 0 N–H and O–H groups in total. The van der Waals surface area contributed by atoms with E-state index in [4.69, 9.17) is 9.47 Å². The lowest BCUT2D eigenvalue weighted by atomic mass is 9.96. The topological polar surface area (TPSA) is 91.9 Å². The van der Waals surface area contributed by atoms with Gasteiger partial charge in [-0.05, 0) is 87.6 Å². The summed E-state index contributed by atoms with van der Waals surface area (Å²) in [6.07, 6.45) is 3.86. The number of carbonyl (C=O) groups excluding carboxylic acids is 2. The number of fused-ring (bicyclic) bond motifs is 1. The third-order valence-corrected chi connectivity index (χ3v) is 8.96. The van der Waals surface area contributed by atoms with Crippen LogP contribution in [-0.2, 0) is 14.3 Å². The van der Waals surface area contributed by atoms with Crippen LogP contribution in [0, 0.1) is 13.8 Å². The van der Waals surface area contributed by atoms with E-state index in [1.165, 1.54) is 18.4 Å². The summed E-state index contributed by atoms with van der Waals surface area (Å²) in [6, 6.07) is 16.4. The fraction of sp³-hybridized carbons (Fsp3) is 0.250. The summed E-state index contributed by atoms with van der Waals surface area (Å²) in [4.78, 5) is 45.6. The highest BCUT2D eigenvalue weighted by molar-refractivity contribution is 7.98. The van der Waals surface area contributed by atoms with Gasteiger partial charge in [0.05, 0.1) is 41.1 Å². The number of rotatable bonds is 7. The number of hydrogen-bond acceptors (Lipinski definition) is 8. The number of carbonyl (C=O) groups is 2. The zero-order valence-electron chi connectivity index (χ0n) is 24.3. The Morgan fingerprint density at radius 3 is 2.48 bits per heavy atom. The molecule has 4 aromatic rings. The molecule has 1 atom stereocenters. The number of aromatic nitrogens is 2. The Morgan fingerprint density at radius 1 is 1.07 bits per heavy atom. The highest BCUT2D eigenvalue weighted by atomic mass is 32.2. The van der Waals surface area contributed by atoms with Crippen LogP contribution in [0.1, 0.15) is 52.8 Å². The number of thioether (sulfide) groups is 1. The van der Waals surface area contributed by atoms with Gasteiger partial charge in [-0.25, -0.2) is 14.6 Å². The molecule has 8 nitrogen and oxygen atoms in total. The first-order valence-electron chi connectivity index (χ1n) is 13.4. The van der Waals surface area contributed by atoms with E-state index in [0.717, 1.165) is 33.1 Å². The van der Waals surface area contributed by atoms with E-state index in [2.05, 4.69) is 4.99 Å². The van der Waals surface area contributed by atoms with Gasteiger partial charge in [0.15, 0.2) is 4.80 Å². The largest absolute Gasteiger partial charge is 0.465 e. The highest BCUT2D eigenvalue weighted by Crippen LogP contribution is 2.32. The Bertz CT molecular complexity index is 1910. The van der Waals surface area contributed by atoms with Crippen LogP contribution in [0.4, 0.5) is 0 Å². The zero-order valence-corrected chi connectivity index (χ0v) is 25.9. The lowest BCUT2D eigenvalue weighted by molar-refractivity contribution is -0.139. The Hall–Kier alpha value is -4.15. The number of benzene rings is 2. The van der Waals surface area contributed by atoms with E-state index < -0.39 is 18.0 Å². The molecule has 216 valence electrons. The third kappa shape index (κ3) is 5.28. The van der Waals surface area contributed by atoms with E-state index >= 15 is 0 Å². The molecule has 0 radical (unpaired) electrons. The normalized spacial score (nSPS) is 14.9. The van der Waals surface area contributed by atoms with Gasteiger partial charge >= 0.3 is 11.9 Å². The molecule has 0 unspecified atom stereocenters. The van der Waals surface area contributed by atoms with E-state index in [1.54, 1.807) is 42.3 Å². The van der Waals surface area contributed by atoms with Crippen LogP contribution in [0.25, 0.3) is 11.8 Å². The second-order valence-electron chi connectivity index (χ2n) is 9.78. The number of thiazole rings is 1. The van der Waals surface area contributed by atoms with E-state index in [9.17, 15) is 14.4 Å². The van der Waals surface area contributed by atoms with Crippen LogP contribution in [0.5, 0.6) is 0 Å². The Labute approximate surface area is 251 Å². The number of ether oxygens (including phenoxy) is 2. The SMILES string of the molecule is CCOC(=O)C1=C(C)N=c2s/c(=C/c3cc(C)n(-c4cccc(C(=O)OC)c4)c3C)c(=O)n2[C@H]1c1ccc(SC)cc1. The van der Waals surface area contributed by atoms with Crippen LogP contribution in [-0.4, -0.2) is 41.0 Å². The number of hydrogen-bond donors (Lipinski definition) is 0. The number of allylic oxidation sites excluding steroid dienone is 1. The predicted octanol–water partition coefficient (Wildman–Crippen LogP) is 4.71. The predicted molar refractivity (Wildman–Crippen MR) is 165 cm³/mol. The first-order chi connectivity index (χ1) is 20.2. The number of esters is 2. The standard InChI is InChI=1S/C32H31N3O5S2/c1-7-40-31(38)27-19(3)33-32-35(28(27)21-11-13-25(41-6)14-12-21)29(36)26(42-32)17-23-15-18(2)34(20(23)4)24-10-8-9-22(16-24)30(37)39-5/h8-17,28H,7H2,1-6H3/b26-17+/t28-/m0/s1. The van der Waals surface area contributed by atoms with Gasteiger partial charge in [-0.2, -0.15) is 0 Å². The minimum atomic E-state index is -0.660. The van der Waals surface area contributed by atoms with Crippen molar-refractivity contribution in [1.82, 2.24) is 9.13 Å². The maximum Gasteiger partial charge on any atom is 0.338 e. The molecule has 0 fully saturated rings. The minimum Gasteiger partial charge on any atom is -0.465 e. The number of aryl methyl sites for hydroxylation is 1. The zero-order chi connectivity index (χ0) is 30.1. The molecule has 1 aliphatic heterocycles. The first kappa shape index (κ1) is 29.3. The fourth-order valence-electron chi connectivity index (χ4n) is 5.26. The first-order valence-corrected chi connectivity index (χ1v) is 15.4. The van der Waals surface area contributed by atoms with Crippen LogP contribution in [0.15, 0.2) is 80.5 Å². The smallest absolute Gasteiger partial charge is 0.338 e. The summed E-state index contributed by atoms with van der Waals surface area (Å²) >= 11 is 2.91. The van der Waals surface area contributed by atoms with E-state index in [0.29, 0.717) is 26.2 Å². The van der Waals surface area contributed by atoms with Crippen LogP contribution in [0.2, 0.25) is 0 Å². The Balaban J connectivity index is 1.66. The van der Waals surface area contributed by atoms with Crippen LogP contribution < -0.4 is 14.9 Å². The average Bonchev–Trinajstić information content (AvgIpc) is 3.45. The van der Waals surface area contributed by atoms with Gasteiger partial charge in [0.25, 0.3) is 5.56 Å². The summed E-state index contributed by atoms with van der Waals surface area (Å²) in [5, 5.41) is 0. The maximum atomic E-state index is 14.0. The molecule has 0 saturated carbocycles. The van der Waals surface area contributed by atoms with E-state index in [1.807, 2.05) is 73.2 Å². The molecule has 0 saturated heterocycles. The second-order valence-corrected chi connectivity index (χ2v) is 11.7. The molecule has 3 heterocycles. The summed E-state index contributed by atoms with van der Waals surface area (Å²) in [7, 11) is 1.36.